The van der Waals surface area contributed by atoms with Gasteiger partial charge in [-0.05, 0) is 44.1 Å². The van der Waals surface area contributed by atoms with Crippen LogP contribution in [0.15, 0.2) is 72.3 Å². The van der Waals surface area contributed by atoms with Gasteiger partial charge in [0.05, 0.1) is 12.4 Å². The monoisotopic (exact) mass is 332 g/mol. The Balaban J connectivity index is 2.61. The Bertz CT molecular complexity index is 534. The lowest BCUT2D eigenvalue weighted by atomic mass is 10.0. The van der Waals surface area contributed by atoms with Crippen molar-refractivity contribution in [1.29, 1.82) is 0 Å². The average Bonchev–Trinajstić information content (AvgIpc) is 3.40. The molecule has 0 aromatic heterocycles. The third kappa shape index (κ3) is 8.56. The summed E-state index contributed by atoms with van der Waals surface area (Å²) in [4.78, 5) is 0. The van der Waals surface area contributed by atoms with Crippen LogP contribution in [0.2, 0.25) is 0 Å². The Kier molecular flexibility index (Phi) is 9.58. The highest BCUT2D eigenvalue weighted by atomic mass is 16.7. The molecule has 0 aliphatic carbocycles. The van der Waals surface area contributed by atoms with Crippen molar-refractivity contribution in [2.24, 2.45) is 0 Å². The molecule has 0 aromatic carbocycles. The molecule has 1 fully saturated rings. The van der Waals surface area contributed by atoms with E-state index in [2.05, 4.69) is 13.2 Å². The second-order valence-corrected chi connectivity index (χ2v) is 5.17. The third-order valence-electron chi connectivity index (χ3n) is 3.24. The van der Waals surface area contributed by atoms with E-state index >= 15 is 0 Å². The van der Waals surface area contributed by atoms with Crippen molar-refractivity contribution in [1.82, 2.24) is 0 Å². The van der Waals surface area contributed by atoms with Crippen molar-refractivity contribution in [2.45, 2.75) is 26.9 Å². The van der Waals surface area contributed by atoms with Crippen LogP contribution in [0.1, 0.15) is 20.8 Å². The summed E-state index contributed by atoms with van der Waals surface area (Å²) in [6.45, 7) is 15.7. The van der Waals surface area contributed by atoms with Crippen LogP contribution in [0.25, 0.3) is 0 Å². The lowest BCUT2D eigenvalue weighted by Crippen LogP contribution is -1.99. The quantitative estimate of drug-likeness (QED) is 0.174. The summed E-state index contributed by atoms with van der Waals surface area (Å²) in [6.07, 6.45) is 11.7. The molecule has 1 aliphatic heterocycles. The Labute approximate surface area is 145 Å². The molecule has 1 atom stereocenters. The normalized spacial score (nSPS) is 18.6. The van der Waals surface area contributed by atoms with E-state index in [-0.39, 0.29) is 12.9 Å². The topological polar surface area (TPSA) is 40.2 Å². The molecule has 0 N–H and O–H groups in total. The minimum Gasteiger partial charge on any atom is -0.495 e. The Morgan fingerprint density at radius 2 is 1.96 bits per heavy atom. The smallest absolute Gasteiger partial charge is 0.188 e. The number of hydrogen-bond acceptors (Lipinski definition) is 4. The lowest BCUT2D eigenvalue weighted by molar-refractivity contribution is -0.0131. The van der Waals surface area contributed by atoms with E-state index in [1.54, 1.807) is 6.08 Å². The molecule has 1 rings (SSSR count). The van der Waals surface area contributed by atoms with Crippen molar-refractivity contribution in [3.63, 3.8) is 0 Å². The van der Waals surface area contributed by atoms with Crippen molar-refractivity contribution in [3.8, 4) is 0 Å². The zero-order valence-corrected chi connectivity index (χ0v) is 14.9. The van der Waals surface area contributed by atoms with Crippen LogP contribution in [-0.2, 0) is 18.9 Å². The SMILES string of the molecule is C=CC(=C\C=C(/C)OCC1CO1)/C(/C=C\C(=C)OCOCC)=C/C. The molecular weight excluding hydrogens is 304 g/mol. The summed E-state index contributed by atoms with van der Waals surface area (Å²) in [6, 6.07) is 0. The fourth-order valence-corrected chi connectivity index (χ4v) is 1.72. The fourth-order valence-electron chi connectivity index (χ4n) is 1.72. The van der Waals surface area contributed by atoms with Crippen molar-refractivity contribution >= 4 is 0 Å². The maximum atomic E-state index is 5.60. The number of ether oxygens (including phenoxy) is 4. The fraction of sp³-hybridized carbons (Fsp3) is 0.400. The van der Waals surface area contributed by atoms with Crippen LogP contribution < -0.4 is 0 Å². The molecule has 0 amide bonds. The first kappa shape index (κ1) is 20.0. The molecule has 0 aromatic rings. The molecule has 1 unspecified atom stereocenters. The molecule has 4 heteroatoms. The number of hydrogen-bond donors (Lipinski definition) is 0. The van der Waals surface area contributed by atoms with Gasteiger partial charge in [0.25, 0.3) is 0 Å². The molecule has 4 nitrogen and oxygen atoms in total. The maximum Gasteiger partial charge on any atom is 0.188 e. The predicted molar refractivity (Wildman–Crippen MR) is 97.3 cm³/mol. The standard InChI is InChI=1S/C20H28O4/c1-6-18(11-9-16(4)22-13-20-14-23-20)19(7-2)12-10-17(5)24-15-21-8-3/h6-7,9-12,20H,1,5,8,13-15H2,2-4H3/b12-10-,16-9+,18-11+,19-7+. The van der Waals surface area contributed by atoms with Crippen LogP contribution >= 0.6 is 0 Å². The van der Waals surface area contributed by atoms with Gasteiger partial charge in [-0.2, -0.15) is 0 Å². The van der Waals surface area contributed by atoms with Crippen molar-refractivity contribution in [3.05, 3.63) is 72.3 Å². The first-order chi connectivity index (χ1) is 11.6. The summed E-state index contributed by atoms with van der Waals surface area (Å²) < 4.78 is 21.2. The minimum atomic E-state index is 0.207. The Morgan fingerprint density at radius 1 is 1.21 bits per heavy atom. The van der Waals surface area contributed by atoms with Gasteiger partial charge in [0.2, 0.25) is 0 Å². The molecular formula is C20H28O4. The second-order valence-electron chi connectivity index (χ2n) is 5.17. The highest BCUT2D eigenvalue weighted by molar-refractivity contribution is 5.48. The summed E-state index contributed by atoms with van der Waals surface area (Å²) in [7, 11) is 0. The Hall–Kier alpha value is -2.04. The number of rotatable bonds is 12. The highest BCUT2D eigenvalue weighted by Crippen LogP contribution is 2.16. The van der Waals surface area contributed by atoms with Gasteiger partial charge < -0.3 is 18.9 Å². The molecule has 0 bridgehead atoms. The molecule has 1 aliphatic rings. The van der Waals surface area contributed by atoms with Crippen LogP contribution in [0.3, 0.4) is 0 Å². The van der Waals surface area contributed by atoms with Gasteiger partial charge in [0.1, 0.15) is 18.5 Å². The lowest BCUT2D eigenvalue weighted by Gasteiger charge is -2.06. The summed E-state index contributed by atoms with van der Waals surface area (Å²) in [5, 5.41) is 0. The number of epoxide rings is 1. The van der Waals surface area contributed by atoms with Gasteiger partial charge in [-0.25, -0.2) is 0 Å². The molecule has 1 saturated heterocycles. The highest BCUT2D eigenvalue weighted by Gasteiger charge is 2.22. The first-order valence-electron chi connectivity index (χ1n) is 8.10. The van der Waals surface area contributed by atoms with Crippen LogP contribution in [0.5, 0.6) is 0 Å². The molecule has 1 heterocycles. The van der Waals surface area contributed by atoms with E-state index in [0.29, 0.717) is 19.0 Å². The van der Waals surface area contributed by atoms with Gasteiger partial charge in [-0.3, -0.25) is 0 Å². The van der Waals surface area contributed by atoms with Crippen LogP contribution in [0.4, 0.5) is 0 Å². The van der Waals surface area contributed by atoms with Crippen LogP contribution in [0, 0.1) is 0 Å². The molecule has 0 radical (unpaired) electrons. The van der Waals surface area contributed by atoms with Gasteiger partial charge in [-0.1, -0.05) is 37.5 Å². The van der Waals surface area contributed by atoms with Gasteiger partial charge in [-0.15, -0.1) is 0 Å². The van der Waals surface area contributed by atoms with Gasteiger partial charge >= 0.3 is 0 Å². The third-order valence-corrected chi connectivity index (χ3v) is 3.24. The van der Waals surface area contributed by atoms with E-state index < -0.39 is 0 Å². The van der Waals surface area contributed by atoms with E-state index in [1.165, 1.54) is 0 Å². The molecule has 132 valence electrons. The van der Waals surface area contributed by atoms with E-state index in [1.807, 2.05) is 51.2 Å². The molecule has 0 spiro atoms. The van der Waals surface area contributed by atoms with E-state index in [0.717, 1.165) is 23.5 Å². The van der Waals surface area contributed by atoms with Gasteiger partial charge in [0, 0.05) is 6.61 Å². The largest absolute Gasteiger partial charge is 0.495 e. The van der Waals surface area contributed by atoms with Crippen molar-refractivity contribution in [2.75, 3.05) is 26.6 Å². The van der Waals surface area contributed by atoms with E-state index in [4.69, 9.17) is 18.9 Å². The predicted octanol–water partition coefficient (Wildman–Crippen LogP) is 4.44. The summed E-state index contributed by atoms with van der Waals surface area (Å²) in [5.74, 6) is 1.39. The van der Waals surface area contributed by atoms with Gasteiger partial charge in [0.15, 0.2) is 6.79 Å². The summed E-state index contributed by atoms with van der Waals surface area (Å²) >= 11 is 0. The Morgan fingerprint density at radius 3 is 2.54 bits per heavy atom. The van der Waals surface area contributed by atoms with E-state index in [9.17, 15) is 0 Å². The minimum absolute atomic E-state index is 0.207. The summed E-state index contributed by atoms with van der Waals surface area (Å²) in [5.41, 5.74) is 2.00. The molecule has 0 saturated carbocycles. The zero-order chi connectivity index (χ0) is 17.8. The maximum absolute atomic E-state index is 5.60. The van der Waals surface area contributed by atoms with Crippen LogP contribution in [-0.4, -0.2) is 32.7 Å². The van der Waals surface area contributed by atoms with Crippen molar-refractivity contribution < 1.29 is 18.9 Å². The molecule has 24 heavy (non-hydrogen) atoms. The zero-order valence-electron chi connectivity index (χ0n) is 14.9. The second kappa shape index (κ2) is 11.5. The first-order valence-corrected chi connectivity index (χ1v) is 8.10. The average molecular weight is 332 g/mol. The number of allylic oxidation sites excluding steroid dienone is 9.